The fourth-order valence-electron chi connectivity index (χ4n) is 2.54. The number of halogens is 3. The Balaban J connectivity index is 1.74. The predicted octanol–water partition coefficient (Wildman–Crippen LogP) is 4.66. The van der Waals surface area contributed by atoms with Crippen LogP contribution in [-0.2, 0) is 19.4 Å². The van der Waals surface area contributed by atoms with E-state index in [2.05, 4.69) is 9.97 Å². The van der Waals surface area contributed by atoms with E-state index in [0.29, 0.717) is 0 Å². The second kappa shape index (κ2) is 6.76. The zero-order valence-corrected chi connectivity index (χ0v) is 13.9. The molecule has 0 N–H and O–H groups in total. The second-order valence-electron chi connectivity index (χ2n) is 5.54. The number of nitrogens with zero attached hydrogens (tertiary/aromatic N) is 3. The molecule has 0 spiro atoms. The van der Waals surface area contributed by atoms with Gasteiger partial charge in [-0.25, -0.2) is 9.97 Å². The van der Waals surface area contributed by atoms with Gasteiger partial charge in [0.25, 0.3) is 0 Å². The van der Waals surface area contributed by atoms with Gasteiger partial charge in [0.05, 0.1) is 17.6 Å². The summed E-state index contributed by atoms with van der Waals surface area (Å²) in [6.45, 7) is 2.74. The van der Waals surface area contributed by atoms with Crippen molar-refractivity contribution < 1.29 is 13.2 Å². The molecular formula is C17H16F3N3S. The minimum atomic E-state index is -4.19. The summed E-state index contributed by atoms with van der Waals surface area (Å²) in [5, 5.41) is 0. The van der Waals surface area contributed by atoms with Crippen molar-refractivity contribution in [1.82, 2.24) is 14.5 Å². The van der Waals surface area contributed by atoms with Crippen molar-refractivity contribution in [3.8, 4) is 11.4 Å². The molecule has 24 heavy (non-hydrogen) atoms. The van der Waals surface area contributed by atoms with Gasteiger partial charge >= 0.3 is 6.18 Å². The third-order valence-electron chi connectivity index (χ3n) is 3.76. The molecule has 3 aromatic rings. The molecule has 0 aliphatic heterocycles. The lowest BCUT2D eigenvalue weighted by Gasteiger charge is -2.09. The standard InChI is InChI=1S/C17H16F3N3S/c1-12-15(24-11-22-12)6-8-23-9-7-21-16(23)14-4-2-13(3-5-14)10-17(18,19)20/h2-5,7,9,11H,6,8,10H2,1H3. The van der Waals surface area contributed by atoms with Crippen molar-refractivity contribution in [2.75, 3.05) is 0 Å². The van der Waals surface area contributed by atoms with Gasteiger partial charge < -0.3 is 4.57 Å². The number of hydrogen-bond acceptors (Lipinski definition) is 3. The van der Waals surface area contributed by atoms with Crippen LogP contribution in [0.15, 0.2) is 42.2 Å². The molecule has 3 rings (SSSR count). The predicted molar refractivity (Wildman–Crippen MR) is 88.0 cm³/mol. The van der Waals surface area contributed by atoms with E-state index >= 15 is 0 Å². The van der Waals surface area contributed by atoms with Crippen LogP contribution < -0.4 is 0 Å². The Morgan fingerprint density at radius 1 is 1.12 bits per heavy atom. The van der Waals surface area contributed by atoms with Crippen LogP contribution >= 0.6 is 11.3 Å². The number of aromatic nitrogens is 3. The smallest absolute Gasteiger partial charge is 0.331 e. The van der Waals surface area contributed by atoms with Gasteiger partial charge in [0.1, 0.15) is 5.82 Å². The number of rotatable bonds is 5. The summed E-state index contributed by atoms with van der Waals surface area (Å²) in [6, 6.07) is 6.40. The number of alkyl halides is 3. The van der Waals surface area contributed by atoms with E-state index in [4.69, 9.17) is 0 Å². The van der Waals surface area contributed by atoms with Crippen LogP contribution in [0.25, 0.3) is 11.4 Å². The van der Waals surface area contributed by atoms with Crippen LogP contribution in [0.4, 0.5) is 13.2 Å². The highest BCUT2D eigenvalue weighted by Gasteiger charge is 2.27. The Bertz CT molecular complexity index is 803. The first-order valence-electron chi connectivity index (χ1n) is 7.48. The van der Waals surface area contributed by atoms with Crippen LogP contribution in [0.1, 0.15) is 16.1 Å². The van der Waals surface area contributed by atoms with E-state index < -0.39 is 12.6 Å². The maximum Gasteiger partial charge on any atom is 0.393 e. The molecular weight excluding hydrogens is 335 g/mol. The maximum atomic E-state index is 12.4. The van der Waals surface area contributed by atoms with Gasteiger partial charge in [0.2, 0.25) is 0 Å². The molecule has 0 amide bonds. The summed E-state index contributed by atoms with van der Waals surface area (Å²) in [4.78, 5) is 9.81. The molecule has 2 aromatic heterocycles. The average Bonchev–Trinajstić information content (AvgIpc) is 3.13. The topological polar surface area (TPSA) is 30.7 Å². The maximum absolute atomic E-state index is 12.4. The Morgan fingerprint density at radius 2 is 1.88 bits per heavy atom. The van der Waals surface area contributed by atoms with Gasteiger partial charge in [-0.1, -0.05) is 24.3 Å². The third kappa shape index (κ3) is 4.03. The zero-order chi connectivity index (χ0) is 17.2. The number of thiazole rings is 1. The molecule has 0 saturated heterocycles. The first-order chi connectivity index (χ1) is 11.4. The first kappa shape index (κ1) is 16.7. The van der Waals surface area contributed by atoms with Crippen LogP contribution in [0.5, 0.6) is 0 Å². The van der Waals surface area contributed by atoms with Gasteiger partial charge in [0.15, 0.2) is 0 Å². The summed E-state index contributed by atoms with van der Waals surface area (Å²) in [5.74, 6) is 0.760. The van der Waals surface area contributed by atoms with Gasteiger partial charge in [-0.2, -0.15) is 13.2 Å². The van der Waals surface area contributed by atoms with Gasteiger partial charge in [-0.05, 0) is 12.5 Å². The summed E-state index contributed by atoms with van der Waals surface area (Å²) in [6.07, 6.45) is -0.654. The zero-order valence-electron chi connectivity index (χ0n) is 13.0. The van der Waals surface area contributed by atoms with Crippen molar-refractivity contribution in [3.05, 3.63) is 58.3 Å². The molecule has 1 aromatic carbocycles. The van der Waals surface area contributed by atoms with E-state index in [1.807, 2.05) is 23.2 Å². The number of imidazole rings is 1. The summed E-state index contributed by atoms with van der Waals surface area (Å²) >= 11 is 1.63. The Kier molecular flexibility index (Phi) is 4.71. The molecule has 2 heterocycles. The van der Waals surface area contributed by atoms with E-state index in [1.165, 1.54) is 17.0 Å². The van der Waals surface area contributed by atoms with Gasteiger partial charge in [-0.15, -0.1) is 11.3 Å². The lowest BCUT2D eigenvalue weighted by molar-refractivity contribution is -0.127. The normalized spacial score (nSPS) is 11.8. The lowest BCUT2D eigenvalue weighted by Crippen LogP contribution is -2.11. The molecule has 0 atom stereocenters. The summed E-state index contributed by atoms with van der Waals surface area (Å²) in [5.41, 5.74) is 3.94. The van der Waals surface area contributed by atoms with Crippen molar-refractivity contribution in [2.24, 2.45) is 0 Å². The highest BCUT2D eigenvalue weighted by Crippen LogP contribution is 2.24. The Morgan fingerprint density at radius 3 is 2.50 bits per heavy atom. The number of hydrogen-bond donors (Lipinski definition) is 0. The first-order valence-corrected chi connectivity index (χ1v) is 8.36. The SMILES string of the molecule is Cc1ncsc1CCn1ccnc1-c1ccc(CC(F)(F)F)cc1. The lowest BCUT2D eigenvalue weighted by atomic mass is 10.1. The van der Waals surface area contributed by atoms with Crippen LogP contribution in [0.3, 0.4) is 0 Å². The largest absolute Gasteiger partial charge is 0.393 e. The monoisotopic (exact) mass is 351 g/mol. The number of aryl methyl sites for hydroxylation is 3. The third-order valence-corrected chi connectivity index (χ3v) is 4.75. The quantitative estimate of drug-likeness (QED) is 0.669. The molecule has 0 saturated carbocycles. The van der Waals surface area contributed by atoms with Crippen molar-refractivity contribution in [2.45, 2.75) is 32.5 Å². The molecule has 0 aliphatic rings. The van der Waals surface area contributed by atoms with Crippen molar-refractivity contribution in [1.29, 1.82) is 0 Å². The highest BCUT2D eigenvalue weighted by atomic mass is 32.1. The van der Waals surface area contributed by atoms with Gasteiger partial charge in [-0.3, -0.25) is 0 Å². The molecule has 0 radical (unpaired) electrons. The number of benzene rings is 1. The van der Waals surface area contributed by atoms with Crippen LogP contribution in [-0.4, -0.2) is 20.7 Å². The molecule has 126 valence electrons. The van der Waals surface area contributed by atoms with E-state index in [0.717, 1.165) is 30.0 Å². The molecule has 7 heteroatoms. The van der Waals surface area contributed by atoms with E-state index in [9.17, 15) is 13.2 Å². The minimum absolute atomic E-state index is 0.254. The molecule has 0 aliphatic carbocycles. The Hall–Kier alpha value is -2.15. The summed E-state index contributed by atoms with van der Waals surface area (Å²) in [7, 11) is 0. The molecule has 0 bridgehead atoms. The molecule has 3 nitrogen and oxygen atoms in total. The molecule has 0 fully saturated rings. The molecule has 0 unspecified atom stereocenters. The second-order valence-corrected chi connectivity index (χ2v) is 6.48. The summed E-state index contributed by atoms with van der Waals surface area (Å²) < 4.78 is 39.3. The minimum Gasteiger partial charge on any atom is -0.331 e. The van der Waals surface area contributed by atoms with Gasteiger partial charge in [0, 0.05) is 35.8 Å². The van der Waals surface area contributed by atoms with Crippen molar-refractivity contribution in [3.63, 3.8) is 0 Å². The van der Waals surface area contributed by atoms with Crippen molar-refractivity contribution >= 4 is 11.3 Å². The van der Waals surface area contributed by atoms with E-state index in [1.54, 1.807) is 29.7 Å². The van der Waals surface area contributed by atoms with E-state index in [-0.39, 0.29) is 5.56 Å². The van der Waals surface area contributed by atoms with Crippen LogP contribution in [0, 0.1) is 6.92 Å². The average molecular weight is 351 g/mol. The highest BCUT2D eigenvalue weighted by molar-refractivity contribution is 7.09. The Labute approximate surface area is 141 Å². The fraction of sp³-hybridized carbons (Fsp3) is 0.294. The van der Waals surface area contributed by atoms with Crippen LogP contribution in [0.2, 0.25) is 0 Å². The fourth-order valence-corrected chi connectivity index (χ4v) is 3.31.